The number of fused-ring (bicyclic) bond motifs is 1. The first kappa shape index (κ1) is 20.5. The van der Waals surface area contributed by atoms with Gasteiger partial charge in [-0.15, -0.1) is 0 Å². The van der Waals surface area contributed by atoms with Crippen molar-refractivity contribution in [2.24, 2.45) is 7.05 Å². The summed E-state index contributed by atoms with van der Waals surface area (Å²) in [5, 5.41) is 11.6. The summed E-state index contributed by atoms with van der Waals surface area (Å²) in [4.78, 5) is 29.1. The summed E-state index contributed by atoms with van der Waals surface area (Å²) in [6.07, 6.45) is 3.03. The lowest BCUT2D eigenvalue weighted by Crippen LogP contribution is -2.13. The largest absolute Gasteiger partial charge is 0.462 e. The smallest absolute Gasteiger partial charge is 0.343 e. The molecule has 0 saturated heterocycles. The highest BCUT2D eigenvalue weighted by atomic mass is 35.5. The van der Waals surface area contributed by atoms with Gasteiger partial charge in [0, 0.05) is 24.5 Å². The van der Waals surface area contributed by atoms with Crippen LogP contribution in [0.15, 0.2) is 42.7 Å². The fraction of sp³-hybridized carbons (Fsp3) is 0.190. The predicted octanol–water partition coefficient (Wildman–Crippen LogP) is 3.52. The van der Waals surface area contributed by atoms with E-state index in [-0.39, 0.29) is 17.9 Å². The number of esters is 1. The number of carbonyl (C=O) groups excluding carboxylic acids is 2. The normalized spacial score (nSPS) is 11.0. The maximum atomic E-state index is 12.7. The van der Waals surface area contributed by atoms with E-state index in [9.17, 15) is 9.59 Å². The van der Waals surface area contributed by atoms with Crippen molar-refractivity contribution >= 4 is 34.8 Å². The number of rotatable bonds is 5. The lowest BCUT2D eigenvalue weighted by Gasteiger charge is -2.08. The molecule has 0 spiro atoms. The maximum Gasteiger partial charge on any atom is 0.343 e. The Morgan fingerprint density at radius 2 is 2.06 bits per heavy atom. The van der Waals surface area contributed by atoms with Crippen molar-refractivity contribution in [1.82, 2.24) is 24.4 Å². The fourth-order valence-corrected chi connectivity index (χ4v) is 3.38. The van der Waals surface area contributed by atoms with Crippen LogP contribution in [0.1, 0.15) is 33.5 Å². The van der Waals surface area contributed by atoms with Crippen LogP contribution in [0.4, 0.5) is 5.69 Å². The lowest BCUT2D eigenvalue weighted by molar-refractivity contribution is 0.0528. The summed E-state index contributed by atoms with van der Waals surface area (Å²) in [5.74, 6) is -0.889. The number of amides is 1. The van der Waals surface area contributed by atoms with Crippen LogP contribution in [0.25, 0.3) is 16.9 Å². The molecule has 0 fully saturated rings. The number of anilines is 1. The highest BCUT2D eigenvalue weighted by Crippen LogP contribution is 2.25. The van der Waals surface area contributed by atoms with Crippen LogP contribution in [0.3, 0.4) is 0 Å². The zero-order chi connectivity index (χ0) is 22.1. The van der Waals surface area contributed by atoms with Gasteiger partial charge in [-0.2, -0.15) is 10.2 Å². The van der Waals surface area contributed by atoms with Crippen LogP contribution in [0.5, 0.6) is 0 Å². The number of carbonyl (C=O) groups is 2. The first-order chi connectivity index (χ1) is 14.9. The minimum Gasteiger partial charge on any atom is -0.462 e. The third-order valence-electron chi connectivity index (χ3n) is 4.79. The van der Waals surface area contributed by atoms with Gasteiger partial charge in [-0.25, -0.2) is 14.3 Å². The van der Waals surface area contributed by atoms with Crippen LogP contribution in [0, 0.1) is 6.92 Å². The second kappa shape index (κ2) is 8.19. The summed E-state index contributed by atoms with van der Waals surface area (Å²) >= 11 is 6.22. The monoisotopic (exact) mass is 438 g/mol. The van der Waals surface area contributed by atoms with Crippen molar-refractivity contribution in [2.75, 3.05) is 11.9 Å². The Balaban J connectivity index is 1.67. The van der Waals surface area contributed by atoms with Crippen molar-refractivity contribution in [3.8, 4) is 11.3 Å². The quantitative estimate of drug-likeness (QED) is 0.478. The van der Waals surface area contributed by atoms with Gasteiger partial charge in [0.05, 0.1) is 29.2 Å². The van der Waals surface area contributed by atoms with Crippen molar-refractivity contribution in [3.63, 3.8) is 0 Å². The van der Waals surface area contributed by atoms with Gasteiger partial charge in [0.1, 0.15) is 5.56 Å². The molecule has 0 bridgehead atoms. The fourth-order valence-electron chi connectivity index (χ4n) is 3.14. The van der Waals surface area contributed by atoms with E-state index in [0.29, 0.717) is 27.7 Å². The molecule has 0 saturated carbocycles. The van der Waals surface area contributed by atoms with Crippen LogP contribution >= 0.6 is 11.6 Å². The van der Waals surface area contributed by atoms with Crippen molar-refractivity contribution in [1.29, 1.82) is 0 Å². The molecule has 0 atom stereocenters. The summed E-state index contributed by atoms with van der Waals surface area (Å²) in [6.45, 7) is 3.79. The average Bonchev–Trinajstić information content (AvgIpc) is 3.31. The van der Waals surface area contributed by atoms with E-state index in [1.807, 2.05) is 6.07 Å². The zero-order valence-corrected chi connectivity index (χ0v) is 17.8. The molecule has 0 unspecified atom stereocenters. The molecule has 158 valence electrons. The molecule has 9 nitrogen and oxygen atoms in total. The number of hydrogen-bond acceptors (Lipinski definition) is 6. The molecule has 1 aromatic carbocycles. The molecule has 0 aliphatic carbocycles. The van der Waals surface area contributed by atoms with E-state index in [1.165, 1.54) is 6.20 Å². The summed E-state index contributed by atoms with van der Waals surface area (Å²) in [5.41, 5.74) is 3.56. The molecule has 31 heavy (non-hydrogen) atoms. The number of aromatic nitrogens is 5. The second-order valence-corrected chi connectivity index (χ2v) is 7.13. The number of nitrogens with one attached hydrogen (secondary N) is 1. The van der Waals surface area contributed by atoms with E-state index in [1.54, 1.807) is 60.6 Å². The van der Waals surface area contributed by atoms with E-state index in [0.717, 1.165) is 5.56 Å². The Kier molecular flexibility index (Phi) is 5.43. The molecule has 3 heterocycles. The van der Waals surface area contributed by atoms with Gasteiger partial charge < -0.3 is 10.1 Å². The van der Waals surface area contributed by atoms with Gasteiger partial charge in [-0.05, 0) is 32.0 Å². The molecule has 0 aliphatic heterocycles. The molecule has 0 radical (unpaired) electrons. The number of ether oxygens (including phenoxy) is 1. The standard InChI is InChI=1S/C21H19ClN6O3/c1-4-31-21(30)15-11-24-28-16(8-9-23-19(15)28)13-6-5-7-14(10-13)25-20(29)18-17(22)12(2)27(3)26-18/h5-11H,4H2,1-3H3,(H,25,29). The Hall–Kier alpha value is -3.72. The van der Waals surface area contributed by atoms with Gasteiger partial charge in [0.15, 0.2) is 11.3 Å². The average molecular weight is 439 g/mol. The Labute approximate surface area is 182 Å². The molecule has 1 amide bonds. The minimum atomic E-state index is -0.481. The van der Waals surface area contributed by atoms with Crippen molar-refractivity contribution < 1.29 is 14.3 Å². The first-order valence-corrected chi connectivity index (χ1v) is 9.89. The van der Waals surface area contributed by atoms with Crippen LogP contribution < -0.4 is 5.32 Å². The molecular weight excluding hydrogens is 420 g/mol. The molecule has 4 aromatic rings. The van der Waals surface area contributed by atoms with Crippen LogP contribution in [-0.4, -0.2) is 42.9 Å². The molecule has 3 aromatic heterocycles. The summed E-state index contributed by atoms with van der Waals surface area (Å²) in [6, 6.07) is 9.00. The van der Waals surface area contributed by atoms with Gasteiger partial charge >= 0.3 is 5.97 Å². The van der Waals surface area contributed by atoms with E-state index < -0.39 is 11.9 Å². The predicted molar refractivity (Wildman–Crippen MR) is 115 cm³/mol. The van der Waals surface area contributed by atoms with Crippen LogP contribution in [-0.2, 0) is 11.8 Å². The highest BCUT2D eigenvalue weighted by molar-refractivity contribution is 6.34. The van der Waals surface area contributed by atoms with Gasteiger partial charge in [-0.1, -0.05) is 23.7 Å². The van der Waals surface area contributed by atoms with Crippen LogP contribution in [0.2, 0.25) is 5.02 Å². The first-order valence-electron chi connectivity index (χ1n) is 9.51. The van der Waals surface area contributed by atoms with E-state index in [4.69, 9.17) is 16.3 Å². The molecule has 4 rings (SSSR count). The number of nitrogens with zero attached hydrogens (tertiary/aromatic N) is 5. The Morgan fingerprint density at radius 3 is 2.77 bits per heavy atom. The number of hydrogen-bond donors (Lipinski definition) is 1. The van der Waals surface area contributed by atoms with Gasteiger partial charge in [-0.3, -0.25) is 9.48 Å². The molecule has 10 heteroatoms. The number of benzene rings is 1. The SMILES string of the molecule is CCOC(=O)c1cnn2c(-c3cccc(NC(=O)c4nn(C)c(C)c4Cl)c3)ccnc12. The third kappa shape index (κ3) is 3.75. The molecule has 0 aliphatic rings. The second-order valence-electron chi connectivity index (χ2n) is 6.75. The Morgan fingerprint density at radius 1 is 1.26 bits per heavy atom. The zero-order valence-electron chi connectivity index (χ0n) is 17.1. The molecule has 1 N–H and O–H groups in total. The molecular formula is C21H19ClN6O3. The summed E-state index contributed by atoms with van der Waals surface area (Å²) in [7, 11) is 1.72. The number of halogens is 1. The van der Waals surface area contributed by atoms with E-state index in [2.05, 4.69) is 20.5 Å². The summed E-state index contributed by atoms with van der Waals surface area (Å²) < 4.78 is 8.18. The lowest BCUT2D eigenvalue weighted by atomic mass is 10.1. The van der Waals surface area contributed by atoms with E-state index >= 15 is 0 Å². The highest BCUT2D eigenvalue weighted by Gasteiger charge is 2.19. The number of aryl methyl sites for hydroxylation is 1. The Bertz CT molecular complexity index is 1310. The van der Waals surface area contributed by atoms with Gasteiger partial charge in [0.25, 0.3) is 5.91 Å². The third-order valence-corrected chi connectivity index (χ3v) is 5.24. The topological polar surface area (TPSA) is 103 Å². The van der Waals surface area contributed by atoms with Crippen molar-refractivity contribution in [3.05, 3.63) is 64.7 Å². The van der Waals surface area contributed by atoms with Gasteiger partial charge in [0.2, 0.25) is 0 Å². The maximum absolute atomic E-state index is 12.7. The van der Waals surface area contributed by atoms with Crippen molar-refractivity contribution in [2.45, 2.75) is 13.8 Å². The minimum absolute atomic E-state index is 0.157.